The van der Waals surface area contributed by atoms with Crippen molar-refractivity contribution >= 4 is 18.1 Å². The molecular formula is C25H31NO6. The highest BCUT2D eigenvalue weighted by Gasteiger charge is 2.20. The van der Waals surface area contributed by atoms with Crippen molar-refractivity contribution < 1.29 is 28.9 Å². The van der Waals surface area contributed by atoms with E-state index in [1.165, 1.54) is 0 Å². The highest BCUT2D eigenvalue weighted by Crippen LogP contribution is 2.38. The lowest BCUT2D eigenvalue weighted by atomic mass is 9.96. The van der Waals surface area contributed by atoms with Crippen LogP contribution in [0.1, 0.15) is 40.7 Å². The molecule has 0 aliphatic heterocycles. The fraction of sp³-hybridized carbons (Fsp3) is 0.360. The number of carboxylic acid groups (broad SMARTS) is 1. The first kappa shape index (κ1) is 24.8. The van der Waals surface area contributed by atoms with Crippen LogP contribution in [0.5, 0.6) is 11.5 Å². The molecule has 2 N–H and O–H groups in total. The van der Waals surface area contributed by atoms with Crippen molar-refractivity contribution in [2.75, 3.05) is 14.2 Å². The molecule has 2 aromatic carbocycles. The number of rotatable bonds is 10. The van der Waals surface area contributed by atoms with E-state index >= 15 is 0 Å². The van der Waals surface area contributed by atoms with Crippen molar-refractivity contribution in [3.63, 3.8) is 0 Å². The van der Waals surface area contributed by atoms with Crippen LogP contribution in [0.4, 0.5) is 4.79 Å². The Balaban J connectivity index is 2.01. The van der Waals surface area contributed by atoms with Crippen LogP contribution >= 0.6 is 0 Å². The average molecular weight is 442 g/mol. The zero-order valence-electron chi connectivity index (χ0n) is 19.2. The summed E-state index contributed by atoms with van der Waals surface area (Å²) in [5, 5.41) is 11.9. The number of hydrogen-bond donors (Lipinski definition) is 2. The fourth-order valence-corrected chi connectivity index (χ4v) is 3.51. The summed E-state index contributed by atoms with van der Waals surface area (Å²) in [5.74, 6) is 0.445. The quantitative estimate of drug-likeness (QED) is 0.550. The molecule has 0 fully saturated rings. The Kier molecular flexibility index (Phi) is 9.13. The summed E-state index contributed by atoms with van der Waals surface area (Å²) in [5.41, 5.74) is 4.66. The number of methoxy groups -OCH3 is 2. The molecule has 0 saturated carbocycles. The van der Waals surface area contributed by atoms with Crippen molar-refractivity contribution in [2.45, 2.75) is 46.3 Å². The van der Waals surface area contributed by atoms with E-state index in [0.29, 0.717) is 6.42 Å². The number of ether oxygens (including phenoxy) is 3. The van der Waals surface area contributed by atoms with Crippen LogP contribution in [0, 0.1) is 20.8 Å². The number of amides is 1. The van der Waals surface area contributed by atoms with Crippen molar-refractivity contribution in [1.29, 1.82) is 0 Å². The zero-order valence-corrected chi connectivity index (χ0v) is 19.2. The third-order valence-electron chi connectivity index (χ3n) is 5.35. The van der Waals surface area contributed by atoms with E-state index in [-0.39, 0.29) is 13.0 Å². The normalized spacial score (nSPS) is 11.8. The number of benzene rings is 2. The van der Waals surface area contributed by atoms with Crippen LogP contribution in [0.25, 0.3) is 6.08 Å². The molecular weight excluding hydrogens is 410 g/mol. The maximum Gasteiger partial charge on any atom is 0.408 e. The van der Waals surface area contributed by atoms with Gasteiger partial charge in [0.15, 0.2) is 0 Å². The number of carboxylic acids is 1. The Morgan fingerprint density at radius 3 is 2.22 bits per heavy atom. The van der Waals surface area contributed by atoms with Gasteiger partial charge in [-0.25, -0.2) is 9.59 Å². The monoisotopic (exact) mass is 441 g/mol. The minimum absolute atomic E-state index is 0.0760. The maximum atomic E-state index is 12.0. The largest absolute Gasteiger partial charge is 0.496 e. The van der Waals surface area contributed by atoms with Crippen molar-refractivity contribution in [1.82, 2.24) is 5.32 Å². The van der Waals surface area contributed by atoms with Crippen LogP contribution < -0.4 is 14.8 Å². The minimum atomic E-state index is -1.11. The molecule has 7 nitrogen and oxygen atoms in total. The van der Waals surface area contributed by atoms with Gasteiger partial charge < -0.3 is 24.6 Å². The van der Waals surface area contributed by atoms with E-state index in [0.717, 1.165) is 39.3 Å². The Morgan fingerprint density at radius 1 is 1.00 bits per heavy atom. The highest BCUT2D eigenvalue weighted by atomic mass is 16.5. The number of hydrogen-bond acceptors (Lipinski definition) is 5. The van der Waals surface area contributed by atoms with Gasteiger partial charge in [-0.1, -0.05) is 42.5 Å². The Labute approximate surface area is 189 Å². The van der Waals surface area contributed by atoms with Crippen LogP contribution in [0.15, 0.2) is 36.4 Å². The van der Waals surface area contributed by atoms with Gasteiger partial charge >= 0.3 is 12.1 Å². The molecule has 1 atom stereocenters. The summed E-state index contributed by atoms with van der Waals surface area (Å²) < 4.78 is 16.3. The predicted octanol–water partition coefficient (Wildman–Crippen LogP) is 4.80. The van der Waals surface area contributed by atoms with Crippen molar-refractivity contribution in [3.8, 4) is 11.5 Å². The second-order valence-electron chi connectivity index (χ2n) is 7.43. The minimum Gasteiger partial charge on any atom is -0.496 e. The highest BCUT2D eigenvalue weighted by molar-refractivity contribution is 5.79. The number of aliphatic carboxylic acids is 1. The molecule has 2 rings (SSSR count). The Bertz CT molecular complexity index is 968. The molecule has 172 valence electrons. The molecule has 0 heterocycles. The lowest BCUT2D eigenvalue weighted by Crippen LogP contribution is -2.40. The molecule has 2 aromatic rings. The molecule has 0 aliphatic rings. The summed E-state index contributed by atoms with van der Waals surface area (Å²) in [6.45, 7) is 5.99. The van der Waals surface area contributed by atoms with Crippen LogP contribution in [0.3, 0.4) is 0 Å². The Morgan fingerprint density at radius 2 is 1.62 bits per heavy atom. The van der Waals surface area contributed by atoms with Crippen molar-refractivity contribution in [2.24, 2.45) is 0 Å². The third-order valence-corrected chi connectivity index (χ3v) is 5.35. The SMILES string of the molecule is COc1c(C)c(C)c(OC)c(C=CCCC(NC(=O)OCc2ccccc2)C(=O)O)c1C. The standard InChI is InChI=1S/C25H31NO6/c1-16-17(2)23(31-5)20(18(3)22(16)30-4)13-9-10-14-21(24(27)28)26-25(29)32-15-19-11-7-6-8-12-19/h6-9,11-13,21H,10,14-15H2,1-5H3,(H,26,29)(H,27,28). The summed E-state index contributed by atoms with van der Waals surface area (Å²) in [7, 11) is 3.26. The lowest BCUT2D eigenvalue weighted by molar-refractivity contribution is -0.139. The summed E-state index contributed by atoms with van der Waals surface area (Å²) in [6.07, 6.45) is 3.66. The number of carbonyl (C=O) groups is 2. The van der Waals surface area contributed by atoms with Gasteiger partial charge in [0.05, 0.1) is 14.2 Å². The molecule has 32 heavy (non-hydrogen) atoms. The average Bonchev–Trinajstić information content (AvgIpc) is 2.78. The zero-order chi connectivity index (χ0) is 23.7. The van der Waals surface area contributed by atoms with Gasteiger partial charge in [-0.15, -0.1) is 0 Å². The van der Waals surface area contributed by atoms with Gasteiger partial charge in [-0.2, -0.15) is 0 Å². The van der Waals surface area contributed by atoms with E-state index in [1.54, 1.807) is 14.2 Å². The molecule has 0 radical (unpaired) electrons. The molecule has 0 spiro atoms. The molecule has 0 bridgehead atoms. The molecule has 7 heteroatoms. The van der Waals surface area contributed by atoms with Crippen LogP contribution in [-0.2, 0) is 16.1 Å². The second kappa shape index (κ2) is 11.8. The van der Waals surface area contributed by atoms with Gasteiger partial charge in [0.25, 0.3) is 0 Å². The smallest absolute Gasteiger partial charge is 0.408 e. The number of carbonyl (C=O) groups excluding carboxylic acids is 1. The van der Waals surface area contributed by atoms with Gasteiger partial charge in [0.1, 0.15) is 24.1 Å². The molecule has 0 aliphatic carbocycles. The molecule has 1 amide bonds. The van der Waals surface area contributed by atoms with E-state index in [1.807, 2.05) is 63.3 Å². The van der Waals surface area contributed by atoms with E-state index in [9.17, 15) is 14.7 Å². The van der Waals surface area contributed by atoms with Gasteiger partial charge in [-0.3, -0.25) is 0 Å². The number of nitrogens with one attached hydrogen (secondary N) is 1. The first-order valence-corrected chi connectivity index (χ1v) is 10.4. The second-order valence-corrected chi connectivity index (χ2v) is 7.43. The van der Waals surface area contributed by atoms with Gasteiger partial charge in [0.2, 0.25) is 0 Å². The van der Waals surface area contributed by atoms with Gasteiger partial charge in [0, 0.05) is 11.1 Å². The third kappa shape index (κ3) is 6.26. The summed E-state index contributed by atoms with van der Waals surface area (Å²) in [4.78, 5) is 23.6. The predicted molar refractivity (Wildman–Crippen MR) is 123 cm³/mol. The van der Waals surface area contributed by atoms with E-state index in [2.05, 4.69) is 5.32 Å². The first-order valence-electron chi connectivity index (χ1n) is 10.4. The molecule has 0 aromatic heterocycles. The fourth-order valence-electron chi connectivity index (χ4n) is 3.51. The van der Waals surface area contributed by atoms with Crippen LogP contribution in [-0.4, -0.2) is 37.4 Å². The van der Waals surface area contributed by atoms with Crippen LogP contribution in [0.2, 0.25) is 0 Å². The maximum absolute atomic E-state index is 12.0. The summed E-state index contributed by atoms with van der Waals surface area (Å²) >= 11 is 0. The molecule has 1 unspecified atom stereocenters. The van der Waals surface area contributed by atoms with E-state index in [4.69, 9.17) is 14.2 Å². The van der Waals surface area contributed by atoms with Gasteiger partial charge in [-0.05, 0) is 50.3 Å². The Hall–Kier alpha value is -3.48. The van der Waals surface area contributed by atoms with Crippen molar-refractivity contribution in [3.05, 3.63) is 64.2 Å². The van der Waals surface area contributed by atoms with E-state index < -0.39 is 18.1 Å². The first-order chi connectivity index (χ1) is 15.3. The number of allylic oxidation sites excluding steroid dienone is 1. The topological polar surface area (TPSA) is 94.1 Å². The number of alkyl carbamates (subject to hydrolysis) is 1. The lowest BCUT2D eigenvalue weighted by Gasteiger charge is -2.19. The summed E-state index contributed by atoms with van der Waals surface area (Å²) in [6, 6.07) is 8.13. The molecule has 0 saturated heterocycles.